The van der Waals surface area contributed by atoms with Crippen molar-refractivity contribution in [2.45, 2.75) is 11.5 Å². The summed E-state index contributed by atoms with van der Waals surface area (Å²) in [6, 6.07) is 0.537. The molecule has 0 radical (unpaired) electrons. The van der Waals surface area contributed by atoms with E-state index >= 15 is 0 Å². The standard InChI is InChI=1S/C6H6F2N2O3S/c7-6(8)3-1-5(14(9,12)13)10-2-4(3)11/h1-2,6,11H,(H2,9,12,13). The lowest BCUT2D eigenvalue weighted by atomic mass is 10.2. The van der Waals surface area contributed by atoms with Crippen molar-refractivity contribution in [1.82, 2.24) is 4.98 Å². The molecule has 0 amide bonds. The summed E-state index contributed by atoms with van der Waals surface area (Å²) in [6.07, 6.45) is -2.38. The van der Waals surface area contributed by atoms with Crippen molar-refractivity contribution in [2.24, 2.45) is 5.14 Å². The van der Waals surface area contributed by atoms with Crippen molar-refractivity contribution in [1.29, 1.82) is 0 Å². The van der Waals surface area contributed by atoms with Gasteiger partial charge in [-0.1, -0.05) is 0 Å². The van der Waals surface area contributed by atoms with E-state index in [9.17, 15) is 17.2 Å². The van der Waals surface area contributed by atoms with Crippen molar-refractivity contribution in [3.63, 3.8) is 0 Å². The van der Waals surface area contributed by atoms with Gasteiger partial charge in [0, 0.05) is 0 Å². The smallest absolute Gasteiger partial charge is 0.267 e. The number of halogens is 2. The number of aromatic hydroxyl groups is 1. The van der Waals surface area contributed by atoms with Gasteiger partial charge in [-0.05, 0) is 6.07 Å². The SMILES string of the molecule is NS(=O)(=O)c1cc(C(F)F)c(O)cn1. The molecule has 0 saturated carbocycles. The molecular formula is C6H6F2N2O3S. The molecule has 1 aromatic heterocycles. The minimum absolute atomic E-state index is 0.537. The molecule has 0 fully saturated rings. The molecular weight excluding hydrogens is 218 g/mol. The highest BCUT2D eigenvalue weighted by Crippen LogP contribution is 2.28. The molecule has 0 aromatic carbocycles. The van der Waals surface area contributed by atoms with Gasteiger partial charge in [0.1, 0.15) is 5.75 Å². The molecule has 5 nitrogen and oxygen atoms in total. The first kappa shape index (κ1) is 10.8. The number of alkyl halides is 2. The average Bonchev–Trinajstić information content (AvgIpc) is 2.02. The molecule has 8 heteroatoms. The van der Waals surface area contributed by atoms with Gasteiger partial charge < -0.3 is 5.11 Å². The number of aromatic nitrogens is 1. The maximum absolute atomic E-state index is 12.2. The molecule has 1 aromatic rings. The number of sulfonamides is 1. The normalized spacial score (nSPS) is 12.0. The van der Waals surface area contributed by atoms with Crippen LogP contribution in [0.15, 0.2) is 17.3 Å². The van der Waals surface area contributed by atoms with Gasteiger partial charge in [-0.2, -0.15) is 0 Å². The van der Waals surface area contributed by atoms with Gasteiger partial charge in [0.15, 0.2) is 5.03 Å². The Kier molecular flexibility index (Phi) is 2.67. The molecule has 0 bridgehead atoms. The van der Waals surface area contributed by atoms with Gasteiger partial charge >= 0.3 is 0 Å². The Hall–Kier alpha value is -1.28. The zero-order valence-electron chi connectivity index (χ0n) is 6.68. The van der Waals surface area contributed by atoms with Crippen molar-refractivity contribution in [2.75, 3.05) is 0 Å². The predicted octanol–water partition coefficient (Wildman–Crippen LogP) is 0.372. The van der Waals surface area contributed by atoms with Gasteiger partial charge in [-0.15, -0.1) is 0 Å². The number of nitrogens with two attached hydrogens (primary N) is 1. The maximum atomic E-state index is 12.2. The second-order valence-corrected chi connectivity index (χ2v) is 3.94. The fourth-order valence-corrected chi connectivity index (χ4v) is 1.26. The molecule has 3 N–H and O–H groups in total. The molecule has 14 heavy (non-hydrogen) atoms. The largest absolute Gasteiger partial charge is 0.506 e. The number of hydrogen-bond donors (Lipinski definition) is 2. The first-order chi connectivity index (χ1) is 6.32. The van der Waals surface area contributed by atoms with E-state index in [-0.39, 0.29) is 0 Å². The summed E-state index contributed by atoms with van der Waals surface area (Å²) in [6.45, 7) is 0. The number of primary sulfonamides is 1. The van der Waals surface area contributed by atoms with Crippen LogP contribution in [0.4, 0.5) is 8.78 Å². The average molecular weight is 224 g/mol. The Morgan fingerprint density at radius 1 is 1.50 bits per heavy atom. The minimum atomic E-state index is -4.13. The number of pyridine rings is 1. The lowest BCUT2D eigenvalue weighted by Crippen LogP contribution is -2.14. The molecule has 0 saturated heterocycles. The predicted molar refractivity (Wildman–Crippen MR) is 42.2 cm³/mol. The highest BCUT2D eigenvalue weighted by atomic mass is 32.2. The highest BCUT2D eigenvalue weighted by molar-refractivity contribution is 7.89. The van der Waals surface area contributed by atoms with Crippen LogP contribution in [0.3, 0.4) is 0 Å². The Balaban J connectivity index is 3.34. The molecule has 0 unspecified atom stereocenters. The highest BCUT2D eigenvalue weighted by Gasteiger charge is 2.18. The summed E-state index contributed by atoms with van der Waals surface area (Å²) in [5.41, 5.74) is -0.816. The number of hydrogen-bond acceptors (Lipinski definition) is 4. The Morgan fingerprint density at radius 2 is 2.07 bits per heavy atom. The van der Waals surface area contributed by atoms with E-state index in [1.165, 1.54) is 0 Å². The van der Waals surface area contributed by atoms with Crippen LogP contribution in [-0.2, 0) is 10.0 Å². The third-order valence-corrected chi connectivity index (χ3v) is 2.22. The molecule has 1 heterocycles. The van der Waals surface area contributed by atoms with Gasteiger partial charge in [0.2, 0.25) is 0 Å². The van der Waals surface area contributed by atoms with E-state index in [4.69, 9.17) is 5.11 Å². The van der Waals surface area contributed by atoms with E-state index in [1.807, 2.05) is 0 Å². The topological polar surface area (TPSA) is 93.3 Å². The second kappa shape index (κ2) is 3.46. The monoisotopic (exact) mass is 224 g/mol. The van der Waals surface area contributed by atoms with Crippen LogP contribution in [-0.4, -0.2) is 18.5 Å². The van der Waals surface area contributed by atoms with Gasteiger partial charge in [-0.3, -0.25) is 0 Å². The van der Waals surface area contributed by atoms with Crippen LogP contribution in [0.25, 0.3) is 0 Å². The van der Waals surface area contributed by atoms with E-state index in [0.29, 0.717) is 12.3 Å². The summed E-state index contributed by atoms with van der Waals surface area (Å²) >= 11 is 0. The van der Waals surface area contributed by atoms with Crippen molar-refractivity contribution < 1.29 is 22.3 Å². The van der Waals surface area contributed by atoms with Gasteiger partial charge in [0.25, 0.3) is 16.4 Å². The number of rotatable bonds is 2. The molecule has 78 valence electrons. The Labute approximate surface area is 78.2 Å². The first-order valence-corrected chi connectivity index (χ1v) is 4.87. The Morgan fingerprint density at radius 3 is 2.50 bits per heavy atom. The fourth-order valence-electron chi connectivity index (χ4n) is 0.774. The molecule has 0 atom stereocenters. The third kappa shape index (κ3) is 2.15. The summed E-state index contributed by atoms with van der Waals surface area (Å²) in [4.78, 5) is 3.20. The fraction of sp³-hybridized carbons (Fsp3) is 0.167. The van der Waals surface area contributed by atoms with Gasteiger partial charge in [-0.25, -0.2) is 27.3 Å². The lowest BCUT2D eigenvalue weighted by molar-refractivity contribution is 0.147. The lowest BCUT2D eigenvalue weighted by Gasteiger charge is -2.04. The molecule has 0 spiro atoms. The van der Waals surface area contributed by atoms with Crippen molar-refractivity contribution in [3.05, 3.63) is 17.8 Å². The van der Waals surface area contributed by atoms with E-state index in [0.717, 1.165) is 0 Å². The molecule has 1 rings (SSSR count). The van der Waals surface area contributed by atoms with Crippen LogP contribution in [0.1, 0.15) is 12.0 Å². The zero-order chi connectivity index (χ0) is 10.9. The minimum Gasteiger partial charge on any atom is -0.506 e. The van der Waals surface area contributed by atoms with Crippen molar-refractivity contribution in [3.8, 4) is 5.75 Å². The van der Waals surface area contributed by atoms with Crippen LogP contribution in [0, 0.1) is 0 Å². The van der Waals surface area contributed by atoms with Crippen molar-refractivity contribution >= 4 is 10.0 Å². The van der Waals surface area contributed by atoms with Crippen LogP contribution in [0.5, 0.6) is 5.75 Å². The number of nitrogens with zero attached hydrogens (tertiary/aromatic N) is 1. The summed E-state index contributed by atoms with van der Waals surface area (Å²) in [5.74, 6) is -0.771. The summed E-state index contributed by atoms with van der Waals surface area (Å²) < 4.78 is 45.8. The third-order valence-electron chi connectivity index (χ3n) is 1.42. The van der Waals surface area contributed by atoms with Crippen LogP contribution in [0.2, 0.25) is 0 Å². The second-order valence-electron chi connectivity index (χ2n) is 2.43. The first-order valence-electron chi connectivity index (χ1n) is 3.32. The van der Waals surface area contributed by atoms with E-state index < -0.39 is 32.8 Å². The van der Waals surface area contributed by atoms with Crippen LogP contribution >= 0.6 is 0 Å². The summed E-state index contributed by atoms with van der Waals surface area (Å²) in [7, 11) is -4.13. The van der Waals surface area contributed by atoms with E-state index in [2.05, 4.69) is 10.1 Å². The maximum Gasteiger partial charge on any atom is 0.267 e. The van der Waals surface area contributed by atoms with Gasteiger partial charge in [0.05, 0.1) is 11.8 Å². The molecule has 0 aliphatic heterocycles. The molecule has 0 aliphatic carbocycles. The Bertz CT molecular complexity index is 446. The van der Waals surface area contributed by atoms with Crippen LogP contribution < -0.4 is 5.14 Å². The molecule has 0 aliphatic rings. The zero-order valence-corrected chi connectivity index (χ0v) is 7.50. The summed E-state index contributed by atoms with van der Waals surface area (Å²) in [5, 5.41) is 12.8. The quantitative estimate of drug-likeness (QED) is 0.759. The van der Waals surface area contributed by atoms with E-state index in [1.54, 1.807) is 0 Å².